The van der Waals surface area contributed by atoms with Gasteiger partial charge in [-0.05, 0) is 32.1 Å². The second-order valence-corrected chi connectivity index (χ2v) is 6.63. The van der Waals surface area contributed by atoms with Crippen LogP contribution in [0, 0.1) is 0 Å². The van der Waals surface area contributed by atoms with Gasteiger partial charge in [-0.3, -0.25) is 4.79 Å². The van der Waals surface area contributed by atoms with Crippen LogP contribution < -0.4 is 4.90 Å². The van der Waals surface area contributed by atoms with E-state index in [2.05, 4.69) is 4.90 Å². The van der Waals surface area contributed by atoms with Gasteiger partial charge in [0.25, 0.3) is 0 Å². The minimum absolute atomic E-state index is 0.293. The highest BCUT2D eigenvalue weighted by atomic mass is 32.1. The summed E-state index contributed by atoms with van der Waals surface area (Å²) < 4.78 is 5.85. The highest BCUT2D eigenvalue weighted by Crippen LogP contribution is 2.37. The van der Waals surface area contributed by atoms with Crippen LogP contribution in [-0.2, 0) is 11.2 Å². The molecule has 0 N–H and O–H groups in total. The molecule has 102 valence electrons. The first kappa shape index (κ1) is 11.9. The lowest BCUT2D eigenvalue weighted by Gasteiger charge is -2.37. The Morgan fingerprint density at radius 2 is 2.21 bits per heavy atom. The van der Waals surface area contributed by atoms with E-state index in [1.54, 1.807) is 11.3 Å². The van der Waals surface area contributed by atoms with Crippen LogP contribution in [0.2, 0.25) is 0 Å². The van der Waals surface area contributed by atoms with Crippen molar-refractivity contribution in [1.82, 2.24) is 4.98 Å². The summed E-state index contributed by atoms with van der Waals surface area (Å²) in [4.78, 5) is 20.0. The van der Waals surface area contributed by atoms with Gasteiger partial charge in [0.05, 0.1) is 29.3 Å². The Hall–Kier alpha value is -0.940. The van der Waals surface area contributed by atoms with Gasteiger partial charge in [0.2, 0.25) is 0 Å². The fourth-order valence-electron chi connectivity index (χ4n) is 3.54. The van der Waals surface area contributed by atoms with E-state index in [4.69, 9.17) is 9.72 Å². The zero-order valence-corrected chi connectivity index (χ0v) is 11.7. The summed E-state index contributed by atoms with van der Waals surface area (Å²) in [5.74, 6) is 0.293. The lowest BCUT2D eigenvalue weighted by atomic mass is 10.0. The van der Waals surface area contributed by atoms with Crippen LogP contribution in [-0.4, -0.2) is 36.1 Å². The molecule has 1 aliphatic heterocycles. The predicted octanol–water partition coefficient (Wildman–Crippen LogP) is 2.42. The molecule has 0 radical (unpaired) electrons. The lowest BCUT2D eigenvalue weighted by molar-refractivity contribution is 0.0256. The van der Waals surface area contributed by atoms with Crippen LogP contribution in [0.25, 0.3) is 0 Å². The molecule has 2 heterocycles. The number of thiazole rings is 1. The van der Waals surface area contributed by atoms with Crippen molar-refractivity contribution in [2.24, 2.45) is 0 Å². The molecule has 0 aromatic carbocycles. The average Bonchev–Trinajstić information content (AvgIpc) is 3.05. The normalized spacial score (nSPS) is 30.3. The first-order valence-electron chi connectivity index (χ1n) is 7.24. The Morgan fingerprint density at radius 3 is 3.11 bits per heavy atom. The number of ketones is 1. The van der Waals surface area contributed by atoms with E-state index in [-0.39, 0.29) is 0 Å². The molecule has 1 aromatic heterocycles. The van der Waals surface area contributed by atoms with E-state index in [1.165, 1.54) is 19.3 Å². The summed E-state index contributed by atoms with van der Waals surface area (Å²) in [6.07, 6.45) is 6.62. The Bertz CT molecular complexity index is 514. The van der Waals surface area contributed by atoms with E-state index in [0.29, 0.717) is 24.3 Å². The molecule has 1 aromatic rings. The number of aromatic nitrogens is 1. The summed E-state index contributed by atoms with van der Waals surface area (Å²) >= 11 is 1.61. The maximum atomic E-state index is 11.9. The molecule has 2 unspecified atom stereocenters. The molecule has 1 saturated heterocycles. The van der Waals surface area contributed by atoms with Crippen LogP contribution in [0.5, 0.6) is 0 Å². The highest BCUT2D eigenvalue weighted by Gasteiger charge is 2.38. The van der Waals surface area contributed by atoms with Crippen molar-refractivity contribution in [3.05, 3.63) is 10.6 Å². The SMILES string of the molecule is O=C1CCCc2nc(N3CCOC4CCCC43)sc21. The Kier molecular flexibility index (Phi) is 2.84. The molecule has 1 saturated carbocycles. The lowest BCUT2D eigenvalue weighted by Crippen LogP contribution is -2.48. The third-order valence-corrected chi connectivity index (χ3v) is 5.66. The van der Waals surface area contributed by atoms with Crippen molar-refractivity contribution in [3.63, 3.8) is 0 Å². The van der Waals surface area contributed by atoms with Crippen molar-refractivity contribution in [1.29, 1.82) is 0 Å². The van der Waals surface area contributed by atoms with E-state index >= 15 is 0 Å². The van der Waals surface area contributed by atoms with Crippen LogP contribution in [0.3, 0.4) is 0 Å². The molecule has 2 atom stereocenters. The third-order valence-electron chi connectivity index (χ3n) is 4.48. The Balaban J connectivity index is 1.66. The van der Waals surface area contributed by atoms with Gasteiger partial charge in [-0.2, -0.15) is 0 Å². The fraction of sp³-hybridized carbons (Fsp3) is 0.714. The van der Waals surface area contributed by atoms with Crippen molar-refractivity contribution in [3.8, 4) is 0 Å². The van der Waals surface area contributed by atoms with Crippen LogP contribution >= 0.6 is 11.3 Å². The maximum absolute atomic E-state index is 11.9. The summed E-state index contributed by atoms with van der Waals surface area (Å²) in [6, 6.07) is 0.483. The van der Waals surface area contributed by atoms with Crippen molar-refractivity contribution in [2.45, 2.75) is 50.7 Å². The summed E-state index contributed by atoms with van der Waals surface area (Å²) in [6.45, 7) is 1.71. The van der Waals surface area contributed by atoms with Crippen molar-refractivity contribution < 1.29 is 9.53 Å². The average molecular weight is 278 g/mol. The molecule has 4 nitrogen and oxygen atoms in total. The van der Waals surface area contributed by atoms with Gasteiger partial charge in [-0.25, -0.2) is 4.98 Å². The van der Waals surface area contributed by atoms with Gasteiger partial charge in [0, 0.05) is 13.0 Å². The van der Waals surface area contributed by atoms with Gasteiger partial charge in [-0.1, -0.05) is 11.3 Å². The maximum Gasteiger partial charge on any atom is 0.186 e. The molecule has 2 aliphatic carbocycles. The van der Waals surface area contributed by atoms with Gasteiger partial charge < -0.3 is 9.64 Å². The number of hydrogen-bond donors (Lipinski definition) is 0. The van der Waals surface area contributed by atoms with Gasteiger partial charge in [0.1, 0.15) is 0 Å². The number of hydrogen-bond acceptors (Lipinski definition) is 5. The molecule has 19 heavy (non-hydrogen) atoms. The van der Waals surface area contributed by atoms with Crippen molar-refractivity contribution >= 4 is 22.3 Å². The molecular weight excluding hydrogens is 260 g/mol. The number of morpholine rings is 1. The molecular formula is C14H18N2O2S. The first-order chi connectivity index (χ1) is 9.33. The third kappa shape index (κ3) is 1.91. The fourth-order valence-corrected chi connectivity index (χ4v) is 4.71. The largest absolute Gasteiger partial charge is 0.374 e. The number of carbonyl (C=O) groups is 1. The Labute approximate surface area is 116 Å². The quantitative estimate of drug-likeness (QED) is 0.791. The molecule has 3 aliphatic rings. The van der Waals surface area contributed by atoms with E-state index < -0.39 is 0 Å². The number of carbonyl (C=O) groups excluding carboxylic acids is 1. The second-order valence-electron chi connectivity index (χ2n) is 5.65. The number of aryl methyl sites for hydroxylation is 1. The van der Waals surface area contributed by atoms with Crippen LogP contribution in [0.1, 0.15) is 47.5 Å². The molecule has 0 bridgehead atoms. The summed E-state index contributed by atoms with van der Waals surface area (Å²) in [5, 5.41) is 1.06. The van der Waals surface area contributed by atoms with Crippen LogP contribution in [0.15, 0.2) is 0 Å². The predicted molar refractivity (Wildman–Crippen MR) is 74.1 cm³/mol. The Morgan fingerprint density at radius 1 is 1.26 bits per heavy atom. The zero-order valence-electron chi connectivity index (χ0n) is 10.9. The zero-order chi connectivity index (χ0) is 12.8. The first-order valence-corrected chi connectivity index (χ1v) is 8.06. The van der Waals surface area contributed by atoms with E-state index in [1.807, 2.05) is 0 Å². The number of nitrogens with zero attached hydrogens (tertiary/aromatic N) is 2. The molecule has 0 amide bonds. The van der Waals surface area contributed by atoms with Crippen LogP contribution in [0.4, 0.5) is 5.13 Å². The number of anilines is 1. The number of fused-ring (bicyclic) bond motifs is 2. The standard InChI is InChI=1S/C14H18N2O2S/c17-11-5-1-3-9-13(11)19-14(15-9)16-7-8-18-12-6-2-4-10(12)16/h10,12H,1-8H2. The van der Waals surface area contributed by atoms with Gasteiger partial charge >= 0.3 is 0 Å². The second kappa shape index (κ2) is 4.56. The molecule has 4 rings (SSSR count). The van der Waals surface area contributed by atoms with Gasteiger partial charge in [-0.15, -0.1) is 0 Å². The van der Waals surface area contributed by atoms with Crippen molar-refractivity contribution in [2.75, 3.05) is 18.1 Å². The topological polar surface area (TPSA) is 42.4 Å². The number of ether oxygens (including phenoxy) is 1. The van der Waals surface area contributed by atoms with Gasteiger partial charge in [0.15, 0.2) is 10.9 Å². The smallest absolute Gasteiger partial charge is 0.186 e. The molecule has 0 spiro atoms. The monoisotopic (exact) mass is 278 g/mol. The minimum Gasteiger partial charge on any atom is -0.374 e. The molecule has 5 heteroatoms. The minimum atomic E-state index is 0.293. The molecule has 2 fully saturated rings. The summed E-state index contributed by atoms with van der Waals surface area (Å²) in [7, 11) is 0. The number of Topliss-reactive ketones (excluding diaryl/α,β-unsaturated/α-hetero) is 1. The van der Waals surface area contributed by atoms with E-state index in [0.717, 1.165) is 41.7 Å². The summed E-state index contributed by atoms with van der Waals surface area (Å²) in [5.41, 5.74) is 1.04. The van der Waals surface area contributed by atoms with E-state index in [9.17, 15) is 4.79 Å². The highest BCUT2D eigenvalue weighted by molar-refractivity contribution is 7.17. The number of rotatable bonds is 1.